The number of hydrogen-bond donors (Lipinski definition) is 1. The Morgan fingerprint density at radius 2 is 1.83 bits per heavy atom. The van der Waals surface area contributed by atoms with Gasteiger partial charge in [-0.1, -0.05) is 30.3 Å². The number of carboxylic acids is 1. The maximum atomic E-state index is 11.5. The van der Waals surface area contributed by atoms with Crippen molar-refractivity contribution >= 4 is 11.8 Å². The van der Waals surface area contributed by atoms with Crippen LogP contribution in [0.25, 0.3) is 0 Å². The van der Waals surface area contributed by atoms with Gasteiger partial charge in [0, 0.05) is 25.6 Å². The first-order valence-electron chi connectivity index (χ1n) is 6.07. The Labute approximate surface area is 106 Å². The molecule has 1 heterocycles. The van der Waals surface area contributed by atoms with E-state index in [4.69, 9.17) is 5.11 Å². The van der Waals surface area contributed by atoms with Crippen LogP contribution in [0.4, 0.5) is 0 Å². The minimum atomic E-state index is -0.870. The fourth-order valence-corrected chi connectivity index (χ4v) is 2.52. The molecule has 1 aliphatic rings. The van der Waals surface area contributed by atoms with Gasteiger partial charge in [-0.2, -0.15) is 0 Å². The molecule has 4 heteroatoms. The third kappa shape index (κ3) is 2.76. The van der Waals surface area contributed by atoms with E-state index >= 15 is 0 Å². The summed E-state index contributed by atoms with van der Waals surface area (Å²) in [6.45, 7) is 3.18. The molecule has 2 rings (SSSR count). The van der Waals surface area contributed by atoms with E-state index in [1.807, 2.05) is 35.2 Å². The molecular weight excluding hydrogens is 230 g/mol. The second-order valence-electron chi connectivity index (χ2n) is 4.84. The molecule has 96 valence electrons. The summed E-state index contributed by atoms with van der Waals surface area (Å²) in [5, 5.41) is 9.14. The zero-order valence-corrected chi connectivity index (χ0v) is 10.4. The Balaban J connectivity index is 2.05. The number of carbonyl (C=O) groups excluding carboxylic acids is 1. The summed E-state index contributed by atoms with van der Waals surface area (Å²) in [5.74, 6) is -1.83. The molecule has 0 aliphatic carbocycles. The smallest absolute Gasteiger partial charge is 0.308 e. The number of hydrogen-bond acceptors (Lipinski definition) is 3. The second kappa shape index (κ2) is 5.31. The van der Waals surface area contributed by atoms with E-state index in [-0.39, 0.29) is 11.7 Å². The van der Waals surface area contributed by atoms with Gasteiger partial charge in [-0.25, -0.2) is 0 Å². The standard InChI is InChI=1S/C14H17NO3/c1-10(16)12-8-15(9-13(12)14(17)18)7-11-5-3-2-4-6-11/h2-6,12-13H,7-9H2,1H3,(H,17,18). The number of rotatable bonds is 4. The summed E-state index contributed by atoms with van der Waals surface area (Å²) < 4.78 is 0. The maximum absolute atomic E-state index is 11.5. The molecule has 0 saturated carbocycles. The van der Waals surface area contributed by atoms with Crippen molar-refractivity contribution in [1.82, 2.24) is 4.90 Å². The van der Waals surface area contributed by atoms with Crippen LogP contribution in [0, 0.1) is 11.8 Å². The van der Waals surface area contributed by atoms with Gasteiger partial charge < -0.3 is 5.11 Å². The number of carbonyl (C=O) groups is 2. The molecule has 0 radical (unpaired) electrons. The molecule has 2 unspecified atom stereocenters. The van der Waals surface area contributed by atoms with Crippen LogP contribution in [0.5, 0.6) is 0 Å². The van der Waals surface area contributed by atoms with Crippen molar-refractivity contribution in [3.8, 4) is 0 Å². The molecule has 1 aromatic rings. The van der Waals surface area contributed by atoms with Crippen molar-refractivity contribution in [2.24, 2.45) is 11.8 Å². The average molecular weight is 247 g/mol. The lowest BCUT2D eigenvalue weighted by atomic mass is 9.93. The van der Waals surface area contributed by atoms with Crippen molar-refractivity contribution in [3.63, 3.8) is 0 Å². The SMILES string of the molecule is CC(=O)C1CN(Cc2ccccc2)CC1C(=O)O. The Bertz CT molecular complexity index is 422. The van der Waals surface area contributed by atoms with Crippen molar-refractivity contribution < 1.29 is 14.7 Å². The van der Waals surface area contributed by atoms with Gasteiger partial charge in [0.2, 0.25) is 0 Å². The molecule has 0 bridgehead atoms. The number of nitrogens with zero attached hydrogens (tertiary/aromatic N) is 1. The topological polar surface area (TPSA) is 57.6 Å². The average Bonchev–Trinajstić information content (AvgIpc) is 2.74. The van der Waals surface area contributed by atoms with Crippen LogP contribution in [0.3, 0.4) is 0 Å². The third-order valence-electron chi connectivity index (χ3n) is 3.48. The fourth-order valence-electron chi connectivity index (χ4n) is 2.52. The minimum absolute atomic E-state index is 0.0297. The van der Waals surface area contributed by atoms with Crippen molar-refractivity contribution in [2.45, 2.75) is 13.5 Å². The Morgan fingerprint density at radius 1 is 1.22 bits per heavy atom. The number of likely N-dealkylation sites (tertiary alicyclic amines) is 1. The molecule has 18 heavy (non-hydrogen) atoms. The fraction of sp³-hybridized carbons (Fsp3) is 0.429. The summed E-state index contributed by atoms with van der Waals surface area (Å²) in [6.07, 6.45) is 0. The first-order chi connectivity index (χ1) is 8.58. The lowest BCUT2D eigenvalue weighted by molar-refractivity contribution is -0.144. The molecular formula is C14H17NO3. The van der Waals surface area contributed by atoms with Crippen LogP contribution < -0.4 is 0 Å². The highest BCUT2D eigenvalue weighted by Crippen LogP contribution is 2.25. The zero-order valence-electron chi connectivity index (χ0n) is 10.4. The van der Waals surface area contributed by atoms with E-state index in [0.29, 0.717) is 19.6 Å². The van der Waals surface area contributed by atoms with Crippen LogP contribution >= 0.6 is 0 Å². The van der Waals surface area contributed by atoms with Crippen LogP contribution in [0.1, 0.15) is 12.5 Å². The molecule has 0 spiro atoms. The van der Waals surface area contributed by atoms with E-state index in [0.717, 1.165) is 5.56 Å². The first kappa shape index (κ1) is 12.8. The summed E-state index contributed by atoms with van der Waals surface area (Å²) in [6, 6.07) is 9.89. The molecule has 2 atom stereocenters. The van der Waals surface area contributed by atoms with Gasteiger partial charge in [-0.3, -0.25) is 14.5 Å². The van der Waals surface area contributed by atoms with E-state index in [2.05, 4.69) is 0 Å². The predicted molar refractivity (Wildman–Crippen MR) is 67.0 cm³/mol. The van der Waals surface area contributed by atoms with E-state index in [1.54, 1.807) is 0 Å². The highest BCUT2D eigenvalue weighted by atomic mass is 16.4. The van der Waals surface area contributed by atoms with Crippen molar-refractivity contribution in [3.05, 3.63) is 35.9 Å². The number of carboxylic acid groups (broad SMARTS) is 1. The third-order valence-corrected chi connectivity index (χ3v) is 3.48. The van der Waals surface area contributed by atoms with E-state index < -0.39 is 11.9 Å². The Kier molecular flexibility index (Phi) is 3.77. The van der Waals surface area contributed by atoms with Crippen molar-refractivity contribution in [2.75, 3.05) is 13.1 Å². The lowest BCUT2D eigenvalue weighted by Crippen LogP contribution is -2.26. The quantitative estimate of drug-likeness (QED) is 0.874. The van der Waals surface area contributed by atoms with E-state index in [1.165, 1.54) is 6.92 Å². The lowest BCUT2D eigenvalue weighted by Gasteiger charge is -2.14. The van der Waals surface area contributed by atoms with Gasteiger partial charge >= 0.3 is 5.97 Å². The van der Waals surface area contributed by atoms with Gasteiger partial charge in [0.25, 0.3) is 0 Å². The molecule has 1 N–H and O–H groups in total. The maximum Gasteiger partial charge on any atom is 0.308 e. The molecule has 1 fully saturated rings. The van der Waals surface area contributed by atoms with Crippen LogP contribution in [0.15, 0.2) is 30.3 Å². The molecule has 0 amide bonds. The van der Waals surface area contributed by atoms with Gasteiger partial charge in [0.1, 0.15) is 5.78 Å². The van der Waals surface area contributed by atoms with Gasteiger partial charge in [0.05, 0.1) is 5.92 Å². The van der Waals surface area contributed by atoms with Gasteiger partial charge in [-0.15, -0.1) is 0 Å². The number of aliphatic carboxylic acids is 1. The molecule has 1 saturated heterocycles. The second-order valence-corrected chi connectivity index (χ2v) is 4.84. The summed E-state index contributed by atoms with van der Waals surface area (Å²) >= 11 is 0. The normalized spacial score (nSPS) is 24.1. The highest BCUT2D eigenvalue weighted by molar-refractivity contribution is 5.85. The predicted octanol–water partition coefficient (Wildman–Crippen LogP) is 1.41. The number of benzene rings is 1. The van der Waals surface area contributed by atoms with Crippen LogP contribution in [-0.2, 0) is 16.1 Å². The molecule has 0 aromatic heterocycles. The molecule has 1 aliphatic heterocycles. The first-order valence-corrected chi connectivity index (χ1v) is 6.07. The zero-order chi connectivity index (χ0) is 13.1. The number of Topliss-reactive ketones (excluding diaryl/α,β-unsaturated/α-hetero) is 1. The van der Waals surface area contributed by atoms with Gasteiger partial charge in [0.15, 0.2) is 0 Å². The van der Waals surface area contributed by atoms with Crippen LogP contribution in [0.2, 0.25) is 0 Å². The summed E-state index contributed by atoms with van der Waals surface area (Å²) in [5.41, 5.74) is 1.14. The Hall–Kier alpha value is -1.68. The van der Waals surface area contributed by atoms with E-state index in [9.17, 15) is 9.59 Å². The highest BCUT2D eigenvalue weighted by Gasteiger charge is 2.39. The summed E-state index contributed by atoms with van der Waals surface area (Å²) in [7, 11) is 0. The molecule has 1 aromatic carbocycles. The molecule has 4 nitrogen and oxygen atoms in total. The minimum Gasteiger partial charge on any atom is -0.481 e. The van der Waals surface area contributed by atoms with Crippen LogP contribution in [-0.4, -0.2) is 34.8 Å². The monoisotopic (exact) mass is 247 g/mol. The summed E-state index contributed by atoms with van der Waals surface area (Å²) in [4.78, 5) is 24.6. The van der Waals surface area contributed by atoms with Crippen molar-refractivity contribution in [1.29, 1.82) is 0 Å². The number of ketones is 1. The Morgan fingerprint density at radius 3 is 2.33 bits per heavy atom. The van der Waals surface area contributed by atoms with Gasteiger partial charge in [-0.05, 0) is 12.5 Å². The largest absolute Gasteiger partial charge is 0.481 e.